The largest absolute Gasteiger partial charge is 0.547 e. The van der Waals surface area contributed by atoms with Crippen LogP contribution in [0.5, 0.6) is 0 Å². The third-order valence-electron chi connectivity index (χ3n) is 5.26. The van der Waals surface area contributed by atoms with E-state index in [0.717, 1.165) is 12.2 Å². The van der Waals surface area contributed by atoms with Crippen molar-refractivity contribution in [2.75, 3.05) is 0 Å². The zero-order valence-corrected chi connectivity index (χ0v) is 18.6. The fourth-order valence-electron chi connectivity index (χ4n) is 2.39. The van der Waals surface area contributed by atoms with Crippen molar-refractivity contribution >= 4 is 8.32 Å². The zero-order chi connectivity index (χ0) is 18.7. The molecule has 0 atom stereocenters. The predicted octanol–water partition coefficient (Wildman–Crippen LogP) is 7.40. The van der Waals surface area contributed by atoms with Crippen LogP contribution in [0.4, 0.5) is 0 Å². The minimum Gasteiger partial charge on any atom is -0.547 e. The lowest BCUT2D eigenvalue weighted by molar-refractivity contribution is 0.373. The van der Waals surface area contributed by atoms with Crippen LogP contribution >= 0.6 is 0 Å². The van der Waals surface area contributed by atoms with E-state index in [0.29, 0.717) is 11.8 Å². The Morgan fingerprint density at radius 2 is 1.46 bits per heavy atom. The third-order valence-corrected chi connectivity index (χ3v) is 9.65. The summed E-state index contributed by atoms with van der Waals surface area (Å²) < 4.78 is 6.56. The summed E-state index contributed by atoms with van der Waals surface area (Å²) in [6.45, 7) is 22.7. The molecule has 1 nitrogen and oxygen atoms in total. The topological polar surface area (TPSA) is 9.23 Å². The molecule has 2 heteroatoms. The second-order valence-electron chi connectivity index (χ2n) is 9.11. The molecule has 0 fully saturated rings. The van der Waals surface area contributed by atoms with Crippen LogP contribution < -0.4 is 0 Å². The Morgan fingerprint density at radius 1 is 1.00 bits per heavy atom. The van der Waals surface area contributed by atoms with Gasteiger partial charge in [0.25, 0.3) is 0 Å². The average Bonchev–Trinajstić information content (AvgIpc) is 2.44. The summed E-state index contributed by atoms with van der Waals surface area (Å²) >= 11 is 0. The molecule has 0 radical (unpaired) electrons. The van der Waals surface area contributed by atoms with E-state index in [-0.39, 0.29) is 5.04 Å². The molecule has 0 spiro atoms. The van der Waals surface area contributed by atoms with E-state index in [1.165, 1.54) is 16.7 Å². The van der Waals surface area contributed by atoms with Crippen LogP contribution in [0.1, 0.15) is 83.9 Å². The SMILES string of the molecule is CC=C(Cc1cc(C(C)C)cc(C(C)C)c1)O[Si](C)(C)C(C)(C)C. The first-order chi connectivity index (χ1) is 10.9. The van der Waals surface area contributed by atoms with Crippen LogP contribution in [0.2, 0.25) is 18.1 Å². The van der Waals surface area contributed by atoms with Gasteiger partial charge in [-0.15, -0.1) is 0 Å². The zero-order valence-electron chi connectivity index (χ0n) is 17.6. The van der Waals surface area contributed by atoms with Crippen molar-refractivity contribution in [2.24, 2.45) is 0 Å². The molecule has 0 saturated carbocycles. The Balaban J connectivity index is 3.09. The van der Waals surface area contributed by atoms with Crippen molar-refractivity contribution in [3.63, 3.8) is 0 Å². The molecule has 0 aromatic heterocycles. The molecule has 0 N–H and O–H groups in total. The maximum Gasteiger partial charge on any atom is 0.250 e. The van der Waals surface area contributed by atoms with Crippen molar-refractivity contribution in [2.45, 2.75) is 91.8 Å². The molecule has 0 bridgehead atoms. The van der Waals surface area contributed by atoms with Crippen molar-refractivity contribution in [1.29, 1.82) is 0 Å². The van der Waals surface area contributed by atoms with Gasteiger partial charge in [-0.3, -0.25) is 0 Å². The summed E-state index contributed by atoms with van der Waals surface area (Å²) in [6, 6.07) is 7.08. The molecular formula is C22H38OSi. The monoisotopic (exact) mass is 346 g/mol. The molecular weight excluding hydrogens is 308 g/mol. The molecule has 1 rings (SSSR count). The molecule has 0 unspecified atom stereocenters. The van der Waals surface area contributed by atoms with Crippen LogP contribution in [-0.2, 0) is 10.8 Å². The fraction of sp³-hybridized carbons (Fsp3) is 0.636. The van der Waals surface area contributed by atoms with Gasteiger partial charge < -0.3 is 4.43 Å². The van der Waals surface area contributed by atoms with Gasteiger partial charge in [-0.2, -0.15) is 0 Å². The van der Waals surface area contributed by atoms with Gasteiger partial charge in [0.1, 0.15) is 0 Å². The van der Waals surface area contributed by atoms with Gasteiger partial charge in [0.15, 0.2) is 0 Å². The van der Waals surface area contributed by atoms with Crippen LogP contribution in [-0.4, -0.2) is 8.32 Å². The highest BCUT2D eigenvalue weighted by molar-refractivity contribution is 6.74. The number of hydrogen-bond acceptors (Lipinski definition) is 1. The van der Waals surface area contributed by atoms with Gasteiger partial charge in [0.2, 0.25) is 8.32 Å². The third kappa shape index (κ3) is 5.51. The van der Waals surface area contributed by atoms with Gasteiger partial charge in [-0.25, -0.2) is 0 Å². The molecule has 0 amide bonds. The molecule has 136 valence electrons. The Morgan fingerprint density at radius 3 is 1.79 bits per heavy atom. The predicted molar refractivity (Wildman–Crippen MR) is 110 cm³/mol. The van der Waals surface area contributed by atoms with E-state index in [1.54, 1.807) is 0 Å². The molecule has 0 aliphatic rings. The molecule has 0 aliphatic carbocycles. The lowest BCUT2D eigenvalue weighted by Gasteiger charge is -2.37. The van der Waals surface area contributed by atoms with Crippen LogP contribution in [0.25, 0.3) is 0 Å². The van der Waals surface area contributed by atoms with Gasteiger partial charge in [0.05, 0.1) is 5.76 Å². The Labute approximate surface area is 151 Å². The number of hydrogen-bond donors (Lipinski definition) is 0. The second-order valence-corrected chi connectivity index (χ2v) is 13.8. The van der Waals surface area contributed by atoms with Crippen LogP contribution in [0.3, 0.4) is 0 Å². The average molecular weight is 347 g/mol. The maximum atomic E-state index is 6.56. The highest BCUT2D eigenvalue weighted by atomic mass is 28.4. The highest BCUT2D eigenvalue weighted by Crippen LogP contribution is 2.38. The lowest BCUT2D eigenvalue weighted by atomic mass is 9.92. The Kier molecular flexibility index (Phi) is 6.92. The first kappa shape index (κ1) is 21.0. The standard InChI is InChI=1S/C22H38OSi/c1-11-21(23-24(9,10)22(6,7)8)14-18-12-19(16(2)3)15-20(13-18)17(4)5/h11-13,15-17H,14H2,1-10H3. The highest BCUT2D eigenvalue weighted by Gasteiger charge is 2.39. The summed E-state index contributed by atoms with van der Waals surface area (Å²) in [7, 11) is -1.78. The van der Waals surface area contributed by atoms with Crippen LogP contribution in [0, 0.1) is 0 Å². The van der Waals surface area contributed by atoms with E-state index in [2.05, 4.69) is 92.8 Å². The van der Waals surface area contributed by atoms with Crippen molar-refractivity contribution in [1.82, 2.24) is 0 Å². The maximum absolute atomic E-state index is 6.56. The minimum atomic E-state index is -1.78. The van der Waals surface area contributed by atoms with Gasteiger partial charge >= 0.3 is 0 Å². The second kappa shape index (κ2) is 7.90. The van der Waals surface area contributed by atoms with Crippen LogP contribution in [0.15, 0.2) is 30.0 Å². The molecule has 0 aliphatic heterocycles. The first-order valence-corrected chi connectivity index (χ1v) is 12.3. The molecule has 0 saturated heterocycles. The van der Waals surface area contributed by atoms with E-state index < -0.39 is 8.32 Å². The summed E-state index contributed by atoms with van der Waals surface area (Å²) in [5.74, 6) is 2.23. The smallest absolute Gasteiger partial charge is 0.250 e. The molecule has 0 heterocycles. The summed E-state index contributed by atoms with van der Waals surface area (Å²) in [4.78, 5) is 0. The lowest BCUT2D eigenvalue weighted by Crippen LogP contribution is -2.40. The van der Waals surface area contributed by atoms with Crippen molar-refractivity contribution in [3.8, 4) is 0 Å². The van der Waals surface area contributed by atoms with Crippen molar-refractivity contribution < 1.29 is 4.43 Å². The van der Waals surface area contributed by atoms with E-state index in [4.69, 9.17) is 4.43 Å². The number of allylic oxidation sites excluding steroid dienone is 2. The number of benzene rings is 1. The van der Waals surface area contributed by atoms with Gasteiger partial charge in [0, 0.05) is 6.42 Å². The number of rotatable bonds is 6. The summed E-state index contributed by atoms with van der Waals surface area (Å²) in [5, 5.41) is 0.226. The van der Waals surface area contributed by atoms with Crippen molar-refractivity contribution in [3.05, 3.63) is 46.7 Å². The minimum absolute atomic E-state index is 0.226. The van der Waals surface area contributed by atoms with E-state index >= 15 is 0 Å². The first-order valence-electron chi connectivity index (χ1n) is 9.35. The molecule has 1 aromatic rings. The van der Waals surface area contributed by atoms with E-state index in [9.17, 15) is 0 Å². The Bertz CT molecular complexity index is 548. The Hall–Kier alpha value is -1.02. The van der Waals surface area contributed by atoms with Gasteiger partial charge in [-0.05, 0) is 53.6 Å². The fourth-order valence-corrected chi connectivity index (χ4v) is 3.55. The quantitative estimate of drug-likeness (QED) is 0.385. The normalized spacial score (nSPS) is 13.8. The summed E-state index contributed by atoms with van der Waals surface area (Å²) in [5.41, 5.74) is 4.23. The van der Waals surface area contributed by atoms with Gasteiger partial charge in [-0.1, -0.05) is 72.7 Å². The molecule has 1 aromatic carbocycles. The molecule has 24 heavy (non-hydrogen) atoms. The summed E-state index contributed by atoms with van der Waals surface area (Å²) in [6.07, 6.45) is 3.04. The van der Waals surface area contributed by atoms with E-state index in [1.807, 2.05) is 0 Å².